The molecule has 192 valence electrons. The maximum atomic E-state index is 13.1. The van der Waals surface area contributed by atoms with Crippen molar-refractivity contribution in [2.24, 2.45) is 10.1 Å². The largest absolute Gasteiger partial charge is 0.392 e. The van der Waals surface area contributed by atoms with Gasteiger partial charge in [-0.2, -0.15) is 0 Å². The Morgan fingerprint density at radius 2 is 1.76 bits per heavy atom. The zero-order valence-corrected chi connectivity index (χ0v) is 21.4. The number of thioether (sulfide) groups is 1. The number of rotatable bonds is 8. The highest BCUT2D eigenvalue weighted by atomic mass is 32.2. The molecule has 37 heavy (non-hydrogen) atoms. The minimum Gasteiger partial charge on any atom is -0.392 e. The third-order valence-corrected chi connectivity index (χ3v) is 7.68. The maximum absolute atomic E-state index is 13.1. The summed E-state index contributed by atoms with van der Waals surface area (Å²) in [6.07, 6.45) is 0.561. The van der Waals surface area contributed by atoms with E-state index in [9.17, 15) is 23.1 Å². The fraction of sp³-hybridized carbons (Fsp3) is 0.192. The van der Waals surface area contributed by atoms with Gasteiger partial charge in [0.05, 0.1) is 17.2 Å². The number of aliphatic hydroxyl groups excluding tert-OH is 1. The molecule has 9 nitrogen and oxygen atoms in total. The number of hydrogen-bond acceptors (Lipinski definition) is 7. The van der Waals surface area contributed by atoms with Gasteiger partial charge in [0.25, 0.3) is 0 Å². The molecule has 3 aromatic rings. The van der Waals surface area contributed by atoms with Crippen molar-refractivity contribution in [3.8, 4) is 0 Å². The molecule has 4 rings (SSSR count). The van der Waals surface area contributed by atoms with Crippen LogP contribution in [0.5, 0.6) is 0 Å². The number of aliphatic imine (C=N–C) groups is 1. The van der Waals surface area contributed by atoms with E-state index in [2.05, 4.69) is 10.3 Å². The summed E-state index contributed by atoms with van der Waals surface area (Å²) in [6, 6.07) is 22.2. The summed E-state index contributed by atoms with van der Waals surface area (Å²) < 4.78 is 22.9. The first kappa shape index (κ1) is 26.6. The van der Waals surface area contributed by atoms with E-state index in [1.807, 2.05) is 12.1 Å². The third-order valence-electron chi connectivity index (χ3n) is 5.64. The summed E-state index contributed by atoms with van der Waals surface area (Å²) in [4.78, 5) is 31.7. The van der Waals surface area contributed by atoms with E-state index < -0.39 is 15.3 Å². The molecular weight excluding hydrogens is 512 g/mol. The smallest absolute Gasteiger partial charge is 0.247 e. The Labute approximate surface area is 219 Å². The zero-order valence-electron chi connectivity index (χ0n) is 19.8. The highest BCUT2D eigenvalue weighted by Crippen LogP contribution is 2.31. The molecule has 0 radical (unpaired) electrons. The fourth-order valence-corrected chi connectivity index (χ4v) is 5.35. The second-order valence-corrected chi connectivity index (χ2v) is 11.1. The number of nitrogens with two attached hydrogens (primary N) is 1. The Morgan fingerprint density at radius 1 is 1.03 bits per heavy atom. The summed E-state index contributed by atoms with van der Waals surface area (Å²) in [5.74, 6) is -0.580. The molecule has 0 aliphatic carbocycles. The Balaban J connectivity index is 1.51. The van der Waals surface area contributed by atoms with Gasteiger partial charge < -0.3 is 10.4 Å². The molecule has 1 heterocycles. The second kappa shape index (κ2) is 11.7. The highest BCUT2D eigenvalue weighted by Gasteiger charge is 2.40. The zero-order chi connectivity index (χ0) is 26.4. The summed E-state index contributed by atoms with van der Waals surface area (Å²) in [7, 11) is -3.76. The van der Waals surface area contributed by atoms with Crippen LogP contribution in [0.15, 0.2) is 88.8 Å². The number of nitrogens with one attached hydrogen (secondary N) is 1. The van der Waals surface area contributed by atoms with Crippen molar-refractivity contribution in [2.45, 2.75) is 29.6 Å². The number of anilines is 2. The lowest BCUT2D eigenvalue weighted by molar-refractivity contribution is -0.121. The molecule has 0 saturated carbocycles. The lowest BCUT2D eigenvalue weighted by atomic mass is 10.1. The number of sulfonamides is 1. The van der Waals surface area contributed by atoms with Gasteiger partial charge in [0, 0.05) is 18.7 Å². The number of carbonyl (C=O) groups excluding carboxylic acids is 2. The van der Waals surface area contributed by atoms with Gasteiger partial charge in [-0.15, -0.1) is 0 Å². The van der Waals surface area contributed by atoms with Gasteiger partial charge in [-0.25, -0.2) is 18.5 Å². The van der Waals surface area contributed by atoms with Crippen LogP contribution in [0, 0.1) is 0 Å². The summed E-state index contributed by atoms with van der Waals surface area (Å²) in [5.41, 5.74) is 2.80. The van der Waals surface area contributed by atoms with Crippen molar-refractivity contribution < 1.29 is 23.1 Å². The van der Waals surface area contributed by atoms with Crippen molar-refractivity contribution in [1.29, 1.82) is 0 Å². The number of amides is 2. The van der Waals surface area contributed by atoms with E-state index >= 15 is 0 Å². The standard InChI is InChI=1S/C26H26N4O5S2/c27-37(34,35)22-11-9-18(10-12-22)13-14-28-26(29-20-6-4-5-19(15-20)17-31)36-23-16-24(32)30(25(23)33)21-7-2-1-3-8-21/h1-12,15,23,31H,13-14,16-17H2,(H,28,29)(H2,27,34,35). The average molecular weight is 539 g/mol. The molecule has 1 saturated heterocycles. The van der Waals surface area contributed by atoms with Crippen LogP contribution in [0.1, 0.15) is 17.5 Å². The van der Waals surface area contributed by atoms with Crippen molar-refractivity contribution in [2.75, 3.05) is 16.8 Å². The van der Waals surface area contributed by atoms with Gasteiger partial charge in [-0.3, -0.25) is 14.6 Å². The number of benzene rings is 3. The quantitative estimate of drug-likeness (QED) is 0.227. The van der Waals surface area contributed by atoms with Gasteiger partial charge in [0.1, 0.15) is 5.25 Å². The lowest BCUT2D eigenvalue weighted by Crippen LogP contribution is -2.31. The molecular formula is C26H26N4O5S2. The first-order valence-corrected chi connectivity index (χ1v) is 13.9. The van der Waals surface area contributed by atoms with Crippen LogP contribution in [0.3, 0.4) is 0 Å². The van der Waals surface area contributed by atoms with E-state index in [1.54, 1.807) is 54.6 Å². The highest BCUT2D eigenvalue weighted by molar-refractivity contribution is 8.15. The van der Waals surface area contributed by atoms with Gasteiger partial charge in [-0.1, -0.05) is 54.2 Å². The lowest BCUT2D eigenvalue weighted by Gasteiger charge is -2.16. The third kappa shape index (κ3) is 6.83. The monoisotopic (exact) mass is 538 g/mol. The van der Waals surface area contributed by atoms with E-state index in [-0.39, 0.29) is 29.7 Å². The number of aliphatic hydroxyl groups is 1. The number of nitrogens with zero attached hydrogens (tertiary/aromatic N) is 2. The van der Waals surface area contributed by atoms with Crippen molar-refractivity contribution in [1.82, 2.24) is 0 Å². The van der Waals surface area contributed by atoms with Crippen molar-refractivity contribution in [3.05, 3.63) is 90.0 Å². The summed E-state index contributed by atoms with van der Waals surface area (Å²) in [5, 5.41) is 17.6. The second-order valence-electron chi connectivity index (χ2n) is 8.32. The number of imide groups is 1. The molecule has 1 aliphatic heterocycles. The first-order chi connectivity index (χ1) is 17.7. The first-order valence-electron chi connectivity index (χ1n) is 11.5. The number of hydrogen-bond donors (Lipinski definition) is 3. The predicted molar refractivity (Wildman–Crippen MR) is 145 cm³/mol. The van der Waals surface area contributed by atoms with Crippen LogP contribution >= 0.6 is 11.8 Å². The molecule has 0 spiro atoms. The summed E-state index contributed by atoms with van der Waals surface area (Å²) >= 11 is 1.18. The van der Waals surface area contributed by atoms with Gasteiger partial charge in [-0.05, 0) is 53.9 Å². The van der Waals surface area contributed by atoms with Crippen LogP contribution in [0.25, 0.3) is 0 Å². The number of amidine groups is 1. The van der Waals surface area contributed by atoms with Gasteiger partial charge >= 0.3 is 0 Å². The van der Waals surface area contributed by atoms with E-state index in [1.165, 1.54) is 28.8 Å². The minimum absolute atomic E-state index is 0.0359. The van der Waals surface area contributed by atoms with Crippen LogP contribution < -0.4 is 15.4 Å². The molecule has 1 fully saturated rings. The minimum atomic E-state index is -3.76. The van der Waals surface area contributed by atoms with E-state index in [4.69, 9.17) is 5.14 Å². The topological polar surface area (TPSA) is 142 Å². The molecule has 0 aromatic heterocycles. The molecule has 4 N–H and O–H groups in total. The van der Waals surface area contributed by atoms with Gasteiger partial charge in [0.15, 0.2) is 5.17 Å². The van der Waals surface area contributed by atoms with Gasteiger partial charge in [0.2, 0.25) is 21.8 Å². The Morgan fingerprint density at radius 3 is 2.43 bits per heavy atom. The Bertz CT molecular complexity index is 1410. The SMILES string of the molecule is NS(=O)(=O)c1ccc(CCN=C(Nc2cccc(CO)c2)SC2CC(=O)N(c3ccccc3)C2=O)cc1. The van der Waals surface area contributed by atoms with Crippen LogP contribution in [0.4, 0.5) is 11.4 Å². The average Bonchev–Trinajstić information content (AvgIpc) is 3.16. The maximum Gasteiger partial charge on any atom is 0.247 e. The normalized spacial score (nSPS) is 16.3. The number of para-hydroxylation sites is 1. The fourth-order valence-electron chi connectivity index (χ4n) is 3.79. The van der Waals surface area contributed by atoms with Crippen molar-refractivity contribution in [3.63, 3.8) is 0 Å². The molecule has 1 unspecified atom stereocenters. The molecule has 2 amide bonds. The van der Waals surface area contributed by atoms with E-state index in [0.717, 1.165) is 5.56 Å². The van der Waals surface area contributed by atoms with Crippen LogP contribution in [0.2, 0.25) is 0 Å². The molecule has 0 bridgehead atoms. The van der Waals surface area contributed by atoms with Crippen LogP contribution in [-0.4, -0.2) is 42.3 Å². The molecule has 1 atom stereocenters. The van der Waals surface area contributed by atoms with Crippen molar-refractivity contribution >= 4 is 50.1 Å². The predicted octanol–water partition coefficient (Wildman–Crippen LogP) is 2.90. The molecule has 11 heteroatoms. The summed E-state index contributed by atoms with van der Waals surface area (Å²) in [6.45, 7) is 0.228. The Kier molecular flexibility index (Phi) is 8.39. The van der Waals surface area contributed by atoms with Crippen LogP contribution in [-0.2, 0) is 32.6 Å². The van der Waals surface area contributed by atoms with E-state index in [0.29, 0.717) is 35.1 Å². The molecule has 1 aliphatic rings. The molecule has 3 aromatic carbocycles. The number of primary sulfonamides is 1. The Hall–Kier alpha value is -3.51. The number of carbonyl (C=O) groups is 2.